The van der Waals surface area contributed by atoms with Crippen LogP contribution in [0.15, 0.2) is 24.3 Å². The monoisotopic (exact) mass is 209 g/mol. The van der Waals surface area contributed by atoms with E-state index < -0.39 is 5.54 Å². The molecule has 0 aliphatic carbocycles. The molecule has 0 saturated carbocycles. The Balaban J connectivity index is 2.61. The van der Waals surface area contributed by atoms with Crippen LogP contribution in [0.5, 0.6) is 0 Å². The van der Waals surface area contributed by atoms with Crippen molar-refractivity contribution in [1.82, 2.24) is 5.32 Å². The van der Waals surface area contributed by atoms with Gasteiger partial charge in [-0.05, 0) is 25.0 Å². The van der Waals surface area contributed by atoms with E-state index >= 15 is 0 Å². The van der Waals surface area contributed by atoms with Crippen LogP contribution in [-0.4, -0.2) is 29.0 Å². The van der Waals surface area contributed by atoms with Crippen molar-refractivity contribution in [3.05, 3.63) is 35.4 Å². The van der Waals surface area contributed by atoms with Gasteiger partial charge in [0.1, 0.15) is 0 Å². The van der Waals surface area contributed by atoms with Gasteiger partial charge in [0.05, 0.1) is 18.8 Å². The fourth-order valence-electron chi connectivity index (χ4n) is 1.28. The third-order valence-corrected chi connectivity index (χ3v) is 2.66. The summed E-state index contributed by atoms with van der Waals surface area (Å²) in [6.07, 6.45) is 0. The first-order valence-electron chi connectivity index (χ1n) is 5.12. The number of benzene rings is 1. The molecule has 3 N–H and O–H groups in total. The molecule has 0 aliphatic heterocycles. The molecule has 0 unspecified atom stereocenters. The molecule has 1 aromatic carbocycles. The summed E-state index contributed by atoms with van der Waals surface area (Å²) < 4.78 is 0. The predicted molar refractivity (Wildman–Crippen MR) is 60.6 cm³/mol. The Kier molecular flexibility index (Phi) is 4.27. The Hall–Kier alpha value is -0.900. The van der Waals surface area contributed by atoms with Crippen molar-refractivity contribution in [2.24, 2.45) is 0 Å². The van der Waals surface area contributed by atoms with Gasteiger partial charge in [0.25, 0.3) is 0 Å². The number of aryl methyl sites for hydroxylation is 1. The van der Waals surface area contributed by atoms with E-state index in [2.05, 4.69) is 5.32 Å². The van der Waals surface area contributed by atoms with Crippen LogP contribution in [-0.2, 0) is 6.54 Å². The smallest absolute Gasteiger partial charge is 0.0633 e. The van der Waals surface area contributed by atoms with Crippen molar-refractivity contribution in [2.75, 3.05) is 13.2 Å². The average Bonchev–Trinajstić information content (AvgIpc) is 2.28. The van der Waals surface area contributed by atoms with Crippen LogP contribution in [0.3, 0.4) is 0 Å². The molecule has 0 saturated heterocycles. The first-order chi connectivity index (χ1) is 7.11. The number of nitrogens with one attached hydrogen (secondary N) is 1. The molecule has 0 aliphatic rings. The minimum atomic E-state index is -0.609. The van der Waals surface area contributed by atoms with Crippen molar-refractivity contribution >= 4 is 0 Å². The fraction of sp³-hybridized carbons (Fsp3) is 0.500. The second-order valence-electron chi connectivity index (χ2n) is 4.16. The number of hydrogen-bond donors (Lipinski definition) is 3. The van der Waals surface area contributed by atoms with Crippen molar-refractivity contribution in [3.8, 4) is 0 Å². The normalized spacial score (nSPS) is 11.7. The molecule has 3 nitrogen and oxygen atoms in total. The zero-order chi connectivity index (χ0) is 11.3. The molecule has 0 aromatic heterocycles. The van der Waals surface area contributed by atoms with E-state index in [0.29, 0.717) is 6.54 Å². The van der Waals surface area contributed by atoms with E-state index in [4.69, 9.17) is 10.2 Å². The summed E-state index contributed by atoms with van der Waals surface area (Å²) in [5.41, 5.74) is 1.79. The maximum atomic E-state index is 9.11. The van der Waals surface area contributed by atoms with Crippen molar-refractivity contribution in [2.45, 2.75) is 25.9 Å². The van der Waals surface area contributed by atoms with Crippen LogP contribution in [0.2, 0.25) is 0 Å². The molecule has 0 bridgehead atoms. The average molecular weight is 209 g/mol. The molecule has 0 radical (unpaired) electrons. The minimum Gasteiger partial charge on any atom is -0.394 e. The molecule has 84 valence electrons. The molecule has 0 fully saturated rings. The van der Waals surface area contributed by atoms with Gasteiger partial charge in [0, 0.05) is 6.54 Å². The van der Waals surface area contributed by atoms with Crippen LogP contribution in [0, 0.1) is 6.92 Å². The lowest BCUT2D eigenvalue weighted by molar-refractivity contribution is 0.103. The summed E-state index contributed by atoms with van der Waals surface area (Å²) in [6, 6.07) is 8.07. The third-order valence-electron chi connectivity index (χ3n) is 2.66. The summed E-state index contributed by atoms with van der Waals surface area (Å²) in [5, 5.41) is 21.4. The third kappa shape index (κ3) is 3.30. The maximum absolute atomic E-state index is 9.11. The van der Waals surface area contributed by atoms with Crippen molar-refractivity contribution < 1.29 is 10.2 Å². The van der Waals surface area contributed by atoms with Gasteiger partial charge in [-0.3, -0.25) is 0 Å². The Morgan fingerprint density at radius 3 is 2.33 bits per heavy atom. The van der Waals surface area contributed by atoms with Gasteiger partial charge in [-0.15, -0.1) is 0 Å². The van der Waals surface area contributed by atoms with Gasteiger partial charge < -0.3 is 15.5 Å². The summed E-state index contributed by atoms with van der Waals surface area (Å²) in [5.74, 6) is 0. The number of aliphatic hydroxyl groups excluding tert-OH is 2. The van der Waals surface area contributed by atoms with Crippen molar-refractivity contribution in [1.29, 1.82) is 0 Å². The lowest BCUT2D eigenvalue weighted by Gasteiger charge is -2.26. The van der Waals surface area contributed by atoms with Gasteiger partial charge in [-0.1, -0.05) is 24.3 Å². The molecule has 1 rings (SSSR count). The summed E-state index contributed by atoms with van der Waals surface area (Å²) in [6.45, 7) is 4.35. The van der Waals surface area contributed by atoms with Crippen LogP contribution in [0.25, 0.3) is 0 Å². The summed E-state index contributed by atoms with van der Waals surface area (Å²) in [7, 11) is 0. The highest BCUT2D eigenvalue weighted by molar-refractivity contribution is 5.25. The Labute approximate surface area is 90.8 Å². The highest BCUT2D eigenvalue weighted by atomic mass is 16.3. The van der Waals surface area contributed by atoms with Gasteiger partial charge in [-0.25, -0.2) is 0 Å². The number of aliphatic hydroxyl groups is 2. The van der Waals surface area contributed by atoms with E-state index in [-0.39, 0.29) is 13.2 Å². The Morgan fingerprint density at radius 2 is 1.80 bits per heavy atom. The van der Waals surface area contributed by atoms with E-state index in [1.807, 2.05) is 31.2 Å². The van der Waals surface area contributed by atoms with Gasteiger partial charge in [-0.2, -0.15) is 0 Å². The van der Waals surface area contributed by atoms with Crippen molar-refractivity contribution in [3.63, 3.8) is 0 Å². The van der Waals surface area contributed by atoms with E-state index in [1.165, 1.54) is 11.1 Å². The molecule has 0 atom stereocenters. The standard InChI is InChI=1S/C12H19NO2/c1-10-5-3-4-6-11(10)7-13-12(2,8-14)9-15/h3-6,13-15H,7-9H2,1-2H3. The highest BCUT2D eigenvalue weighted by Gasteiger charge is 2.21. The summed E-state index contributed by atoms with van der Waals surface area (Å²) >= 11 is 0. The van der Waals surface area contributed by atoms with E-state index in [0.717, 1.165) is 0 Å². The predicted octanol–water partition coefficient (Wildman–Crippen LogP) is 0.828. The molecule has 0 heterocycles. The van der Waals surface area contributed by atoms with Gasteiger partial charge in [0.2, 0.25) is 0 Å². The van der Waals surface area contributed by atoms with Gasteiger partial charge >= 0.3 is 0 Å². The second kappa shape index (κ2) is 5.26. The zero-order valence-corrected chi connectivity index (χ0v) is 9.33. The van der Waals surface area contributed by atoms with Crippen LogP contribution in [0.1, 0.15) is 18.1 Å². The Bertz CT molecular complexity index is 308. The summed E-state index contributed by atoms with van der Waals surface area (Å²) in [4.78, 5) is 0. The number of rotatable bonds is 5. The number of hydrogen-bond acceptors (Lipinski definition) is 3. The quantitative estimate of drug-likeness (QED) is 0.673. The molecular weight excluding hydrogens is 190 g/mol. The maximum Gasteiger partial charge on any atom is 0.0633 e. The molecular formula is C12H19NO2. The fourth-order valence-corrected chi connectivity index (χ4v) is 1.28. The first-order valence-corrected chi connectivity index (χ1v) is 5.12. The van der Waals surface area contributed by atoms with Crippen LogP contribution >= 0.6 is 0 Å². The van der Waals surface area contributed by atoms with Crippen LogP contribution in [0.4, 0.5) is 0 Å². The molecule has 1 aromatic rings. The zero-order valence-electron chi connectivity index (χ0n) is 9.33. The SMILES string of the molecule is Cc1ccccc1CNC(C)(CO)CO. The molecule has 0 amide bonds. The minimum absolute atomic E-state index is 0.0740. The topological polar surface area (TPSA) is 52.5 Å². The van der Waals surface area contributed by atoms with E-state index in [1.54, 1.807) is 6.92 Å². The Morgan fingerprint density at radius 1 is 1.20 bits per heavy atom. The largest absolute Gasteiger partial charge is 0.394 e. The van der Waals surface area contributed by atoms with Gasteiger partial charge in [0.15, 0.2) is 0 Å². The van der Waals surface area contributed by atoms with Crippen LogP contribution < -0.4 is 5.32 Å². The lowest BCUT2D eigenvalue weighted by atomic mass is 10.0. The second-order valence-corrected chi connectivity index (χ2v) is 4.16. The molecule has 15 heavy (non-hydrogen) atoms. The molecule has 3 heteroatoms. The lowest BCUT2D eigenvalue weighted by Crippen LogP contribution is -2.48. The molecule has 0 spiro atoms. The highest BCUT2D eigenvalue weighted by Crippen LogP contribution is 2.09. The van der Waals surface area contributed by atoms with E-state index in [9.17, 15) is 0 Å². The first kappa shape index (κ1) is 12.2.